The maximum atomic E-state index is 14.2. The van der Waals surface area contributed by atoms with Gasteiger partial charge in [-0.2, -0.15) is 0 Å². The number of halogens is 1. The first-order valence-corrected chi connectivity index (χ1v) is 10.6. The average molecular weight is 420 g/mol. The number of nitrogens with one attached hydrogen (secondary N) is 2. The summed E-state index contributed by atoms with van der Waals surface area (Å²) < 4.78 is 14.2. The summed E-state index contributed by atoms with van der Waals surface area (Å²) in [6.45, 7) is 1.53. The van der Waals surface area contributed by atoms with Gasteiger partial charge in [0.05, 0.1) is 17.8 Å². The Morgan fingerprint density at radius 3 is 2.81 bits per heavy atom. The van der Waals surface area contributed by atoms with Gasteiger partial charge in [0.25, 0.3) is 0 Å². The van der Waals surface area contributed by atoms with Crippen molar-refractivity contribution in [3.05, 3.63) is 95.1 Å². The molecule has 2 aromatic carbocycles. The molecule has 0 radical (unpaired) electrons. The molecule has 2 heterocycles. The van der Waals surface area contributed by atoms with Crippen LogP contribution < -0.4 is 10.6 Å². The predicted molar refractivity (Wildman–Crippen MR) is 119 cm³/mol. The smallest absolute Gasteiger partial charge is 0.307 e. The highest BCUT2D eigenvalue weighted by molar-refractivity contribution is 5.70. The van der Waals surface area contributed by atoms with Crippen molar-refractivity contribution < 1.29 is 14.3 Å². The summed E-state index contributed by atoms with van der Waals surface area (Å²) in [6.07, 6.45) is 3.07. The number of nitrogens with zero attached hydrogens (tertiary/aromatic N) is 1. The number of benzene rings is 2. The summed E-state index contributed by atoms with van der Waals surface area (Å²) in [4.78, 5) is 15.4. The van der Waals surface area contributed by atoms with Crippen molar-refractivity contribution in [2.24, 2.45) is 5.92 Å². The van der Waals surface area contributed by atoms with E-state index in [1.165, 1.54) is 11.6 Å². The first-order chi connectivity index (χ1) is 15.1. The molecule has 0 saturated carbocycles. The second-order valence-corrected chi connectivity index (χ2v) is 7.93. The molecule has 1 aliphatic heterocycles. The van der Waals surface area contributed by atoms with Crippen molar-refractivity contribution in [1.82, 2.24) is 10.3 Å². The van der Waals surface area contributed by atoms with Gasteiger partial charge < -0.3 is 15.7 Å². The topological polar surface area (TPSA) is 74.2 Å². The zero-order valence-electron chi connectivity index (χ0n) is 17.2. The monoisotopic (exact) mass is 419 g/mol. The number of aromatic nitrogens is 1. The normalized spacial score (nSPS) is 16.2. The first-order valence-electron chi connectivity index (χ1n) is 10.6. The van der Waals surface area contributed by atoms with Crippen molar-refractivity contribution in [3.63, 3.8) is 0 Å². The van der Waals surface area contributed by atoms with E-state index in [1.807, 2.05) is 36.5 Å². The number of fused-ring (bicyclic) bond motifs is 1. The van der Waals surface area contributed by atoms with Gasteiger partial charge in [-0.3, -0.25) is 9.78 Å². The van der Waals surface area contributed by atoms with Crippen LogP contribution in [0.15, 0.2) is 66.9 Å². The molecule has 3 aromatic rings. The van der Waals surface area contributed by atoms with Crippen molar-refractivity contribution in [3.8, 4) is 0 Å². The number of rotatable bonds is 8. The van der Waals surface area contributed by atoms with Crippen LogP contribution in [-0.4, -0.2) is 29.1 Å². The fourth-order valence-electron chi connectivity index (χ4n) is 4.20. The molecule has 160 valence electrons. The molecular formula is C25H26FN3O2. The summed E-state index contributed by atoms with van der Waals surface area (Å²) in [5.41, 5.74) is 4.46. The summed E-state index contributed by atoms with van der Waals surface area (Å²) in [5, 5.41) is 16.0. The Balaban J connectivity index is 1.44. The van der Waals surface area contributed by atoms with Gasteiger partial charge in [0.1, 0.15) is 5.82 Å². The molecule has 0 aliphatic carbocycles. The first kappa shape index (κ1) is 21.0. The van der Waals surface area contributed by atoms with E-state index in [2.05, 4.69) is 33.8 Å². The third kappa shape index (κ3) is 5.27. The summed E-state index contributed by atoms with van der Waals surface area (Å²) in [6, 6.07) is 19.3. The molecule has 0 spiro atoms. The van der Waals surface area contributed by atoms with E-state index in [0.29, 0.717) is 18.9 Å². The Kier molecular flexibility index (Phi) is 6.57. The molecule has 0 unspecified atom stereocenters. The van der Waals surface area contributed by atoms with Gasteiger partial charge in [-0.1, -0.05) is 42.5 Å². The van der Waals surface area contributed by atoms with Crippen LogP contribution in [0.5, 0.6) is 0 Å². The van der Waals surface area contributed by atoms with Crippen LogP contribution in [0.25, 0.3) is 0 Å². The number of hydrogen-bond acceptors (Lipinski definition) is 4. The molecular weight excluding hydrogens is 393 g/mol. The van der Waals surface area contributed by atoms with Gasteiger partial charge in [-0.15, -0.1) is 0 Å². The minimum Gasteiger partial charge on any atom is -0.481 e. The predicted octanol–water partition coefficient (Wildman–Crippen LogP) is 4.01. The summed E-state index contributed by atoms with van der Waals surface area (Å²) >= 11 is 0. The Bertz CT molecular complexity index is 1040. The lowest BCUT2D eigenvalue weighted by atomic mass is 9.86. The average Bonchev–Trinajstić information content (AvgIpc) is 2.78. The zero-order valence-corrected chi connectivity index (χ0v) is 17.2. The molecule has 2 atom stereocenters. The number of carbonyl (C=O) groups is 1. The SMILES string of the molecule is O=C(O)Cc1ccc(CCN[C@H](c2ccccc2)[C@H]2CNc3cccnc3C2)cc1F. The van der Waals surface area contributed by atoms with Crippen LogP contribution in [0.4, 0.5) is 10.1 Å². The maximum absolute atomic E-state index is 14.2. The van der Waals surface area contributed by atoms with Crippen molar-refractivity contribution >= 4 is 11.7 Å². The third-order valence-corrected chi connectivity index (χ3v) is 5.77. The fraction of sp³-hybridized carbons (Fsp3) is 0.280. The van der Waals surface area contributed by atoms with E-state index < -0.39 is 11.8 Å². The van der Waals surface area contributed by atoms with E-state index in [1.54, 1.807) is 6.07 Å². The van der Waals surface area contributed by atoms with Crippen LogP contribution in [0.1, 0.15) is 28.4 Å². The van der Waals surface area contributed by atoms with E-state index in [0.717, 1.165) is 29.9 Å². The van der Waals surface area contributed by atoms with Crippen molar-refractivity contribution in [2.75, 3.05) is 18.4 Å². The van der Waals surface area contributed by atoms with Crippen molar-refractivity contribution in [1.29, 1.82) is 0 Å². The van der Waals surface area contributed by atoms with E-state index in [9.17, 15) is 9.18 Å². The molecule has 0 saturated heterocycles. The Hall–Kier alpha value is -3.25. The van der Waals surface area contributed by atoms with Gasteiger partial charge >= 0.3 is 5.97 Å². The molecule has 1 aromatic heterocycles. The van der Waals surface area contributed by atoms with E-state index in [-0.39, 0.29) is 18.0 Å². The lowest BCUT2D eigenvalue weighted by Gasteiger charge is -2.33. The maximum Gasteiger partial charge on any atom is 0.307 e. The molecule has 0 amide bonds. The molecule has 31 heavy (non-hydrogen) atoms. The van der Waals surface area contributed by atoms with Crippen LogP contribution in [0.2, 0.25) is 0 Å². The summed E-state index contributed by atoms with van der Waals surface area (Å²) in [5.74, 6) is -1.16. The van der Waals surface area contributed by atoms with Gasteiger partial charge in [-0.05, 0) is 54.3 Å². The minimum atomic E-state index is -1.03. The Labute approximate surface area is 181 Å². The molecule has 0 bridgehead atoms. The van der Waals surface area contributed by atoms with Crippen LogP contribution in [-0.2, 0) is 24.1 Å². The fourth-order valence-corrected chi connectivity index (χ4v) is 4.20. The largest absolute Gasteiger partial charge is 0.481 e. The molecule has 3 N–H and O–H groups in total. The van der Waals surface area contributed by atoms with Crippen molar-refractivity contribution in [2.45, 2.75) is 25.3 Å². The number of carboxylic acids is 1. The standard InChI is InChI=1S/C25H26FN3O2/c26-21-13-17(8-9-19(21)15-24(30)31)10-12-28-25(18-5-2-1-3-6-18)20-14-23-22(29-16-20)7-4-11-27-23/h1-9,11,13,20,25,28-29H,10,12,14-16H2,(H,30,31)/t20-,25-/m1/s1. The summed E-state index contributed by atoms with van der Waals surface area (Å²) in [7, 11) is 0. The van der Waals surface area contributed by atoms with Gasteiger partial charge in [0.2, 0.25) is 0 Å². The van der Waals surface area contributed by atoms with Gasteiger partial charge in [0.15, 0.2) is 0 Å². The van der Waals surface area contributed by atoms with Crippen LogP contribution in [0.3, 0.4) is 0 Å². The number of hydrogen-bond donors (Lipinski definition) is 3. The third-order valence-electron chi connectivity index (χ3n) is 5.77. The van der Waals surface area contributed by atoms with Crippen LogP contribution in [0, 0.1) is 11.7 Å². The number of aliphatic carboxylic acids is 1. The number of carboxylic acid groups (broad SMARTS) is 1. The Morgan fingerprint density at radius 1 is 1.19 bits per heavy atom. The second-order valence-electron chi connectivity index (χ2n) is 7.93. The Morgan fingerprint density at radius 2 is 2.03 bits per heavy atom. The highest BCUT2D eigenvalue weighted by Gasteiger charge is 2.27. The molecule has 5 nitrogen and oxygen atoms in total. The highest BCUT2D eigenvalue weighted by Crippen LogP contribution is 2.31. The van der Waals surface area contributed by atoms with E-state index >= 15 is 0 Å². The lowest BCUT2D eigenvalue weighted by Crippen LogP contribution is -2.37. The zero-order chi connectivity index (χ0) is 21.6. The highest BCUT2D eigenvalue weighted by atomic mass is 19.1. The molecule has 1 aliphatic rings. The molecule has 0 fully saturated rings. The quantitative estimate of drug-likeness (QED) is 0.515. The lowest BCUT2D eigenvalue weighted by molar-refractivity contribution is -0.136. The molecule has 6 heteroatoms. The van der Waals surface area contributed by atoms with E-state index in [4.69, 9.17) is 5.11 Å². The minimum absolute atomic E-state index is 0.139. The van der Waals surface area contributed by atoms with Gasteiger partial charge in [0, 0.05) is 24.7 Å². The molecule has 4 rings (SSSR count). The van der Waals surface area contributed by atoms with Crippen LogP contribution >= 0.6 is 0 Å². The van der Waals surface area contributed by atoms with Gasteiger partial charge in [-0.25, -0.2) is 4.39 Å². The second kappa shape index (κ2) is 9.71. The number of anilines is 1. The number of pyridine rings is 1.